The summed E-state index contributed by atoms with van der Waals surface area (Å²) in [6.45, 7) is 5.21. The van der Waals surface area contributed by atoms with Crippen molar-refractivity contribution in [3.05, 3.63) is 65.5 Å². The summed E-state index contributed by atoms with van der Waals surface area (Å²) in [6.07, 6.45) is 6.57. The van der Waals surface area contributed by atoms with Gasteiger partial charge in [-0.25, -0.2) is 4.79 Å². The van der Waals surface area contributed by atoms with Crippen LogP contribution < -0.4 is 5.32 Å². The number of hydrogen-bond donors (Lipinski definition) is 3. The Kier molecular flexibility index (Phi) is 8.09. The molecule has 11 nitrogen and oxygen atoms in total. The van der Waals surface area contributed by atoms with Crippen LogP contribution in [0.25, 0.3) is 6.08 Å². The first-order valence-corrected chi connectivity index (χ1v) is 18.0. The Bertz CT molecular complexity index is 1720. The summed E-state index contributed by atoms with van der Waals surface area (Å²) in [5, 5.41) is 28.8. The zero-order chi connectivity index (χ0) is 35.2. The molecule has 12 atom stereocenters. The number of piperidine rings is 1. The van der Waals surface area contributed by atoms with Crippen LogP contribution >= 0.6 is 0 Å². The number of rotatable bonds is 9. The molecule has 268 valence electrons. The molecule has 50 heavy (non-hydrogen) atoms. The van der Waals surface area contributed by atoms with Crippen molar-refractivity contribution in [3.8, 4) is 0 Å². The summed E-state index contributed by atoms with van der Waals surface area (Å²) in [6, 6.07) is 10.6. The number of aliphatic hydroxyl groups is 2. The van der Waals surface area contributed by atoms with E-state index in [4.69, 9.17) is 18.9 Å². The van der Waals surface area contributed by atoms with Gasteiger partial charge in [0.15, 0.2) is 0 Å². The van der Waals surface area contributed by atoms with Crippen LogP contribution in [0.1, 0.15) is 60.6 Å². The second kappa shape index (κ2) is 11.9. The number of amides is 1. The van der Waals surface area contributed by atoms with Crippen LogP contribution in [0.5, 0.6) is 0 Å². The number of aromatic nitrogens is 1. The van der Waals surface area contributed by atoms with Gasteiger partial charge in [0.05, 0.1) is 29.6 Å². The van der Waals surface area contributed by atoms with Crippen molar-refractivity contribution in [1.82, 2.24) is 9.88 Å². The molecule has 1 spiro atoms. The predicted octanol–water partition coefficient (Wildman–Crippen LogP) is 3.62. The minimum Gasteiger partial charge on any atom is -0.454 e. The molecule has 1 aliphatic heterocycles. The van der Waals surface area contributed by atoms with Crippen LogP contribution in [0, 0.1) is 36.0 Å². The molecule has 6 aliphatic rings. The Morgan fingerprint density at radius 1 is 1.08 bits per heavy atom. The number of fused-ring (bicyclic) bond motifs is 2. The molecule has 11 heteroatoms. The van der Waals surface area contributed by atoms with Gasteiger partial charge in [-0.2, -0.15) is 0 Å². The van der Waals surface area contributed by atoms with Gasteiger partial charge in [0.1, 0.15) is 16.8 Å². The van der Waals surface area contributed by atoms with Crippen molar-refractivity contribution in [2.75, 3.05) is 39.7 Å². The highest BCUT2D eigenvalue weighted by Gasteiger charge is 2.89. The maximum atomic E-state index is 14.4. The summed E-state index contributed by atoms with van der Waals surface area (Å²) in [5.74, 6) is -1.79. The zero-order valence-electron chi connectivity index (χ0n) is 29.5. The number of likely N-dealkylation sites (N-methyl/N-ethyl adjacent to an activating group) is 1. The Morgan fingerprint density at radius 2 is 1.88 bits per heavy atom. The maximum Gasteiger partial charge on any atom is 0.340 e. The topological polar surface area (TPSA) is 140 Å². The number of methoxy groups -OCH3 is 3. The Hall–Kier alpha value is -3.19. The number of likely N-dealkylation sites (tertiary alicyclic amines) is 1. The number of nitrogens with one attached hydrogen (secondary N) is 1. The smallest absolute Gasteiger partial charge is 0.340 e. The van der Waals surface area contributed by atoms with Gasteiger partial charge in [0, 0.05) is 87.4 Å². The second-order valence-electron chi connectivity index (χ2n) is 15.6. The van der Waals surface area contributed by atoms with E-state index in [1.54, 1.807) is 57.9 Å². The summed E-state index contributed by atoms with van der Waals surface area (Å²) < 4.78 is 25.3. The van der Waals surface area contributed by atoms with Gasteiger partial charge in [0.2, 0.25) is 5.91 Å². The van der Waals surface area contributed by atoms with Gasteiger partial charge in [-0.05, 0) is 75.1 Å². The number of hydrogen-bond acceptors (Lipinski definition) is 10. The highest BCUT2D eigenvalue weighted by Crippen LogP contribution is 2.79. The van der Waals surface area contributed by atoms with E-state index in [1.807, 2.05) is 19.1 Å². The van der Waals surface area contributed by atoms with Crippen molar-refractivity contribution in [3.63, 3.8) is 0 Å². The van der Waals surface area contributed by atoms with Crippen LogP contribution in [-0.2, 0) is 23.7 Å². The minimum absolute atomic E-state index is 0.0701. The molecule has 8 rings (SSSR count). The minimum atomic E-state index is -1.50. The molecule has 0 radical (unpaired) electrons. The SMILES string of the molecule is CCN1C[C@]2(OC(=O)c3ccccc3NC(=O)/C=C/c3ccnc(C)c3)CC[C@H](OC)[C@]34C1[C@@H](C[C@H]23)[C@@]1(O)C[C@H](OC)[C@H]2C[C@@H]4[C@]1(O)C2OC. The van der Waals surface area contributed by atoms with Crippen molar-refractivity contribution in [2.45, 2.75) is 87.1 Å². The number of carbonyl (C=O) groups excluding carboxylic acids is 2. The van der Waals surface area contributed by atoms with Crippen molar-refractivity contribution >= 4 is 23.6 Å². The number of esters is 1. The zero-order valence-corrected chi connectivity index (χ0v) is 29.5. The van der Waals surface area contributed by atoms with Gasteiger partial charge in [0.25, 0.3) is 0 Å². The molecule has 5 aliphatic carbocycles. The van der Waals surface area contributed by atoms with Crippen LogP contribution in [0.15, 0.2) is 48.7 Å². The van der Waals surface area contributed by atoms with E-state index in [9.17, 15) is 19.8 Å². The van der Waals surface area contributed by atoms with E-state index in [0.29, 0.717) is 50.9 Å². The highest BCUT2D eigenvalue weighted by molar-refractivity contribution is 6.06. The fraction of sp³-hybridized carbons (Fsp3) is 0.615. The number of pyridine rings is 1. The van der Waals surface area contributed by atoms with E-state index in [0.717, 1.165) is 11.3 Å². The maximum absolute atomic E-state index is 14.4. The molecule has 1 amide bonds. The largest absolute Gasteiger partial charge is 0.454 e. The lowest BCUT2D eigenvalue weighted by atomic mass is 9.44. The molecular formula is C39H49N3O8. The number of nitrogens with zero attached hydrogens (tertiary/aromatic N) is 2. The predicted molar refractivity (Wildman–Crippen MR) is 184 cm³/mol. The van der Waals surface area contributed by atoms with Gasteiger partial charge < -0.3 is 34.5 Å². The molecule has 1 saturated heterocycles. The van der Waals surface area contributed by atoms with Crippen LogP contribution in [0.2, 0.25) is 0 Å². The van der Waals surface area contributed by atoms with E-state index >= 15 is 0 Å². The first kappa shape index (κ1) is 33.9. The third-order valence-electron chi connectivity index (χ3n) is 13.9. The summed E-state index contributed by atoms with van der Waals surface area (Å²) >= 11 is 0. The number of benzene rings is 1. The average Bonchev–Trinajstić information content (AvgIpc) is 3.53. The molecule has 2 aromatic rings. The summed E-state index contributed by atoms with van der Waals surface area (Å²) in [4.78, 5) is 34.1. The van der Waals surface area contributed by atoms with Crippen LogP contribution in [0.4, 0.5) is 5.69 Å². The standard InChI is InChI=1S/C39H49N3O8/c1-6-42-21-36(50-35(44)24-9-7-8-10-27(24)41-32(43)12-11-23-14-16-40-22(2)17-23)15-13-31(48-4)38-29(36)19-26(33(38)42)37(45)20-28(47-3)25-18-30(38)39(37,46)34(25)49-5/h7-12,14,16-17,25-26,28-31,33-34,45-46H,6,13,15,18-21H2,1-5H3,(H,41,43)/b12-11+/t25-,26-,28+,29-,30+,31+,33?,34?,36-,37+,38+,39+/m1/s1. The molecule has 6 fully saturated rings. The fourth-order valence-corrected chi connectivity index (χ4v) is 12.4. The van der Waals surface area contributed by atoms with E-state index in [2.05, 4.69) is 22.1 Å². The lowest BCUT2D eigenvalue weighted by Crippen LogP contribution is -2.83. The summed E-state index contributed by atoms with van der Waals surface area (Å²) in [7, 11) is 5.05. The van der Waals surface area contributed by atoms with Gasteiger partial charge in [-0.15, -0.1) is 0 Å². The van der Waals surface area contributed by atoms with Crippen molar-refractivity contribution in [1.29, 1.82) is 0 Å². The highest BCUT2D eigenvalue weighted by atomic mass is 16.6. The first-order valence-electron chi connectivity index (χ1n) is 18.0. The number of aryl methyl sites for hydroxylation is 1. The molecule has 1 aromatic carbocycles. The molecular weight excluding hydrogens is 638 g/mol. The average molecular weight is 688 g/mol. The quantitative estimate of drug-likeness (QED) is 0.265. The summed E-state index contributed by atoms with van der Waals surface area (Å²) in [5.41, 5.74) is -2.11. The second-order valence-corrected chi connectivity index (χ2v) is 15.6. The fourth-order valence-electron chi connectivity index (χ4n) is 12.4. The van der Waals surface area contributed by atoms with Crippen LogP contribution in [-0.4, -0.2) is 108 Å². The third kappa shape index (κ3) is 4.34. The molecule has 7 bridgehead atoms. The van der Waals surface area contributed by atoms with E-state index in [-0.39, 0.29) is 53.4 Å². The molecule has 2 heterocycles. The normalized spacial score (nSPS) is 42.5. The van der Waals surface area contributed by atoms with Crippen molar-refractivity contribution < 1.29 is 38.7 Å². The van der Waals surface area contributed by atoms with E-state index in [1.165, 1.54) is 6.08 Å². The van der Waals surface area contributed by atoms with Crippen molar-refractivity contribution in [2.24, 2.45) is 29.1 Å². The lowest BCUT2D eigenvalue weighted by molar-refractivity contribution is -0.337. The van der Waals surface area contributed by atoms with E-state index < -0.39 is 34.3 Å². The number of ether oxygens (including phenoxy) is 4. The Labute approximate surface area is 293 Å². The molecule has 1 aromatic heterocycles. The van der Waals surface area contributed by atoms with Gasteiger partial charge in [-0.1, -0.05) is 19.1 Å². The molecule has 3 N–H and O–H groups in total. The Morgan fingerprint density at radius 3 is 2.60 bits per heavy atom. The first-order chi connectivity index (χ1) is 24.0. The number of anilines is 1. The molecule has 2 unspecified atom stereocenters. The monoisotopic (exact) mass is 687 g/mol. The molecule has 5 saturated carbocycles. The van der Waals surface area contributed by atoms with Crippen LogP contribution in [0.3, 0.4) is 0 Å². The Balaban J connectivity index is 1.16. The number of carbonyl (C=O) groups is 2. The lowest BCUT2D eigenvalue weighted by Gasteiger charge is -2.70. The van der Waals surface area contributed by atoms with Gasteiger partial charge >= 0.3 is 5.97 Å². The third-order valence-corrected chi connectivity index (χ3v) is 13.9. The number of para-hydroxylation sites is 1. The van der Waals surface area contributed by atoms with Gasteiger partial charge in [-0.3, -0.25) is 14.7 Å².